The highest BCUT2D eigenvalue weighted by Gasteiger charge is 2.19. The highest BCUT2D eigenvalue weighted by Crippen LogP contribution is 2.28. The Balaban J connectivity index is 1.87. The van der Waals surface area contributed by atoms with E-state index < -0.39 is 0 Å². The van der Waals surface area contributed by atoms with Gasteiger partial charge in [-0.05, 0) is 30.2 Å². The van der Waals surface area contributed by atoms with Crippen molar-refractivity contribution in [3.05, 3.63) is 21.9 Å². The van der Waals surface area contributed by atoms with Crippen molar-refractivity contribution < 1.29 is 9.53 Å². The number of amides is 1. The van der Waals surface area contributed by atoms with Crippen LogP contribution >= 0.6 is 11.3 Å². The van der Waals surface area contributed by atoms with E-state index in [0.29, 0.717) is 5.92 Å². The van der Waals surface area contributed by atoms with Crippen LogP contribution in [0.15, 0.2) is 11.4 Å². The minimum Gasteiger partial charge on any atom is -0.381 e. The van der Waals surface area contributed by atoms with Gasteiger partial charge in [0.15, 0.2) is 0 Å². The van der Waals surface area contributed by atoms with Gasteiger partial charge in [-0.2, -0.15) is 0 Å². The summed E-state index contributed by atoms with van der Waals surface area (Å²) in [7, 11) is 0. The molecule has 1 amide bonds. The van der Waals surface area contributed by atoms with E-state index >= 15 is 0 Å². The molecule has 1 saturated heterocycles. The third kappa shape index (κ3) is 4.05. The van der Waals surface area contributed by atoms with Crippen molar-refractivity contribution in [2.45, 2.75) is 39.0 Å². The number of carbonyl (C=O) groups excluding carboxylic acids is 1. The molecule has 1 fully saturated rings. The summed E-state index contributed by atoms with van der Waals surface area (Å²) in [5.41, 5.74) is 0.908. The molecule has 4 heteroatoms. The normalized spacial score (nSPS) is 17.4. The SMILES string of the molecule is CC(C)(C)c1cc(C(=O)NCC2CCOCC2)cs1. The fourth-order valence-electron chi connectivity index (χ4n) is 2.14. The number of hydrogen-bond acceptors (Lipinski definition) is 3. The molecular weight excluding hydrogens is 258 g/mol. The topological polar surface area (TPSA) is 38.3 Å². The average Bonchev–Trinajstić information content (AvgIpc) is 2.87. The van der Waals surface area contributed by atoms with E-state index in [-0.39, 0.29) is 11.3 Å². The number of thiophene rings is 1. The smallest absolute Gasteiger partial charge is 0.252 e. The van der Waals surface area contributed by atoms with Gasteiger partial charge in [-0.3, -0.25) is 4.79 Å². The second kappa shape index (κ2) is 6.06. The molecule has 3 nitrogen and oxygen atoms in total. The van der Waals surface area contributed by atoms with Crippen LogP contribution in [0.2, 0.25) is 0 Å². The van der Waals surface area contributed by atoms with Crippen molar-refractivity contribution in [2.75, 3.05) is 19.8 Å². The molecular formula is C15H23NO2S. The van der Waals surface area contributed by atoms with E-state index in [4.69, 9.17) is 4.74 Å². The Morgan fingerprint density at radius 1 is 1.42 bits per heavy atom. The third-order valence-electron chi connectivity index (χ3n) is 3.49. The van der Waals surface area contributed by atoms with E-state index in [1.54, 1.807) is 11.3 Å². The first-order valence-corrected chi connectivity index (χ1v) is 7.80. The van der Waals surface area contributed by atoms with Gasteiger partial charge in [0.05, 0.1) is 5.56 Å². The van der Waals surface area contributed by atoms with E-state index in [9.17, 15) is 4.79 Å². The van der Waals surface area contributed by atoms with Gasteiger partial charge in [-0.1, -0.05) is 20.8 Å². The Bertz CT molecular complexity index is 428. The standard InChI is InChI=1S/C15H23NO2S/c1-15(2,3)13-8-12(10-19-13)14(17)16-9-11-4-6-18-7-5-11/h8,10-11H,4-7,9H2,1-3H3,(H,16,17). The largest absolute Gasteiger partial charge is 0.381 e. The Morgan fingerprint density at radius 2 is 2.11 bits per heavy atom. The Labute approximate surface area is 119 Å². The fraction of sp³-hybridized carbons (Fsp3) is 0.667. The molecule has 0 aromatic carbocycles. The molecule has 1 aromatic rings. The molecule has 1 N–H and O–H groups in total. The van der Waals surface area contributed by atoms with E-state index in [1.807, 2.05) is 11.4 Å². The van der Waals surface area contributed by atoms with Crippen LogP contribution in [-0.2, 0) is 10.2 Å². The minimum atomic E-state index is 0.0539. The Morgan fingerprint density at radius 3 is 2.68 bits per heavy atom. The molecule has 1 aliphatic heterocycles. The van der Waals surface area contributed by atoms with Crippen molar-refractivity contribution in [3.63, 3.8) is 0 Å². The molecule has 1 aromatic heterocycles. The first-order chi connectivity index (χ1) is 8.97. The molecule has 0 spiro atoms. The molecule has 0 saturated carbocycles. The van der Waals surface area contributed by atoms with Gasteiger partial charge in [-0.25, -0.2) is 0 Å². The Kier molecular flexibility index (Phi) is 4.63. The summed E-state index contributed by atoms with van der Waals surface area (Å²) in [5, 5.41) is 5.00. The Hall–Kier alpha value is -0.870. The zero-order chi connectivity index (χ0) is 13.9. The summed E-state index contributed by atoms with van der Waals surface area (Å²) in [6.45, 7) is 8.93. The van der Waals surface area contributed by atoms with Crippen LogP contribution in [0.5, 0.6) is 0 Å². The summed E-state index contributed by atoms with van der Waals surface area (Å²) >= 11 is 1.67. The van der Waals surface area contributed by atoms with Crippen LogP contribution in [0.3, 0.4) is 0 Å². The molecule has 0 bridgehead atoms. The molecule has 0 atom stereocenters. The molecule has 0 radical (unpaired) electrons. The molecule has 106 valence electrons. The van der Waals surface area contributed by atoms with Gasteiger partial charge < -0.3 is 10.1 Å². The van der Waals surface area contributed by atoms with Gasteiger partial charge in [0.2, 0.25) is 0 Å². The lowest BCUT2D eigenvalue weighted by molar-refractivity contribution is 0.0643. The van der Waals surface area contributed by atoms with E-state index in [1.165, 1.54) is 4.88 Å². The molecule has 1 aliphatic rings. The third-order valence-corrected chi connectivity index (χ3v) is 4.85. The highest BCUT2D eigenvalue weighted by atomic mass is 32.1. The highest BCUT2D eigenvalue weighted by molar-refractivity contribution is 7.10. The molecule has 2 heterocycles. The van der Waals surface area contributed by atoms with Crippen molar-refractivity contribution in [1.29, 1.82) is 0 Å². The van der Waals surface area contributed by atoms with Crippen LogP contribution in [-0.4, -0.2) is 25.7 Å². The number of nitrogens with one attached hydrogen (secondary N) is 1. The van der Waals surface area contributed by atoms with Crippen LogP contribution in [0.25, 0.3) is 0 Å². The lowest BCUT2D eigenvalue weighted by Gasteiger charge is -2.22. The van der Waals surface area contributed by atoms with Gasteiger partial charge in [0, 0.05) is 30.0 Å². The van der Waals surface area contributed by atoms with Crippen LogP contribution < -0.4 is 5.32 Å². The first kappa shape index (κ1) is 14.5. The molecule has 19 heavy (non-hydrogen) atoms. The van der Waals surface area contributed by atoms with Gasteiger partial charge >= 0.3 is 0 Å². The minimum absolute atomic E-state index is 0.0539. The zero-order valence-corrected chi connectivity index (χ0v) is 12.8. The number of hydrogen-bond donors (Lipinski definition) is 1. The van der Waals surface area contributed by atoms with Crippen LogP contribution in [0, 0.1) is 5.92 Å². The second-order valence-corrected chi connectivity index (χ2v) is 7.13. The summed E-state index contributed by atoms with van der Waals surface area (Å²) in [6, 6.07) is 2.02. The van der Waals surface area contributed by atoms with Crippen molar-refractivity contribution >= 4 is 17.2 Å². The summed E-state index contributed by atoms with van der Waals surface area (Å²) < 4.78 is 5.32. The van der Waals surface area contributed by atoms with Crippen molar-refractivity contribution in [1.82, 2.24) is 5.32 Å². The lowest BCUT2D eigenvalue weighted by Crippen LogP contribution is -2.31. The van der Waals surface area contributed by atoms with Crippen molar-refractivity contribution in [3.8, 4) is 0 Å². The monoisotopic (exact) mass is 281 g/mol. The number of rotatable bonds is 3. The quantitative estimate of drug-likeness (QED) is 0.924. The fourth-order valence-corrected chi connectivity index (χ4v) is 3.12. The maximum Gasteiger partial charge on any atom is 0.252 e. The van der Waals surface area contributed by atoms with Gasteiger partial charge in [0.1, 0.15) is 0 Å². The summed E-state index contributed by atoms with van der Waals surface area (Å²) in [6.07, 6.45) is 2.11. The van der Waals surface area contributed by atoms with Crippen LogP contribution in [0.4, 0.5) is 0 Å². The zero-order valence-electron chi connectivity index (χ0n) is 12.0. The maximum absolute atomic E-state index is 12.1. The van der Waals surface area contributed by atoms with Crippen molar-refractivity contribution in [2.24, 2.45) is 5.92 Å². The van der Waals surface area contributed by atoms with Gasteiger partial charge in [-0.15, -0.1) is 11.3 Å². The summed E-state index contributed by atoms with van der Waals surface area (Å²) in [5.74, 6) is 0.622. The average molecular weight is 281 g/mol. The van der Waals surface area contributed by atoms with E-state index in [2.05, 4.69) is 26.1 Å². The van der Waals surface area contributed by atoms with Crippen LogP contribution in [0.1, 0.15) is 48.8 Å². The number of carbonyl (C=O) groups is 1. The number of ether oxygens (including phenoxy) is 1. The second-order valence-electron chi connectivity index (χ2n) is 6.22. The maximum atomic E-state index is 12.1. The predicted molar refractivity (Wildman–Crippen MR) is 78.9 cm³/mol. The lowest BCUT2D eigenvalue weighted by atomic mass is 9.94. The molecule has 0 aliphatic carbocycles. The first-order valence-electron chi connectivity index (χ1n) is 6.92. The molecule has 2 rings (SSSR count). The van der Waals surface area contributed by atoms with Gasteiger partial charge in [0.25, 0.3) is 5.91 Å². The molecule has 0 unspecified atom stereocenters. The summed E-state index contributed by atoms with van der Waals surface area (Å²) in [4.78, 5) is 13.3. The predicted octanol–water partition coefficient (Wildman–Crippen LogP) is 3.20. The van der Waals surface area contributed by atoms with E-state index in [0.717, 1.165) is 38.2 Å².